The van der Waals surface area contributed by atoms with E-state index in [2.05, 4.69) is 121 Å². The molecule has 0 saturated heterocycles. The van der Waals surface area contributed by atoms with Crippen molar-refractivity contribution in [1.29, 1.82) is 0 Å². The molecule has 0 aliphatic rings. The van der Waals surface area contributed by atoms with Crippen LogP contribution in [-0.2, 0) is 0 Å². The number of hydrogen-bond acceptors (Lipinski definition) is 3. The molecule has 0 unspecified atom stereocenters. The minimum atomic E-state index is -1.29. The van der Waals surface area contributed by atoms with E-state index in [1.807, 2.05) is 18.8 Å². The highest BCUT2D eigenvalue weighted by Gasteiger charge is 2.15. The van der Waals surface area contributed by atoms with Crippen LogP contribution < -0.4 is 4.67 Å². The van der Waals surface area contributed by atoms with Gasteiger partial charge in [-0.3, -0.25) is 0 Å². The number of benzene rings is 6. The molecule has 7 rings (SSSR count). The lowest BCUT2D eigenvalue weighted by Gasteiger charge is -2.09. The van der Waals surface area contributed by atoms with Crippen LogP contribution in [0, 0.1) is 0 Å². The van der Waals surface area contributed by atoms with E-state index in [4.69, 9.17) is 8.39 Å². The quantitative estimate of drug-likeness (QED) is 0.236. The summed E-state index contributed by atoms with van der Waals surface area (Å²) < 4.78 is 15.1. The van der Waals surface area contributed by atoms with Gasteiger partial charge in [-0.1, -0.05) is 97.1 Å². The maximum Gasteiger partial charge on any atom is 0.309 e. The molecule has 1 heterocycles. The molecule has 0 aliphatic heterocycles. The van der Waals surface area contributed by atoms with Crippen molar-refractivity contribution in [1.82, 2.24) is 0 Å². The first-order chi connectivity index (χ1) is 18.7. The Morgan fingerprint density at radius 1 is 0.474 bits per heavy atom. The largest absolute Gasteiger partial charge is 0.408 e. The van der Waals surface area contributed by atoms with Crippen LogP contribution in [0.4, 0.5) is 0 Å². The van der Waals surface area contributed by atoms with Gasteiger partial charge in [0, 0.05) is 24.9 Å². The molecule has 0 bridgehead atoms. The first-order valence-corrected chi connectivity index (χ1v) is 13.9. The Morgan fingerprint density at radius 2 is 0.921 bits per heavy atom. The maximum absolute atomic E-state index is 6.53. The zero-order valence-electron chi connectivity index (χ0n) is 21.3. The summed E-state index contributed by atoms with van der Waals surface area (Å²) in [7, 11) is 2.70. The third kappa shape index (κ3) is 3.88. The van der Waals surface area contributed by atoms with Gasteiger partial charge in [-0.25, -0.2) is 4.67 Å². The van der Waals surface area contributed by atoms with Crippen molar-refractivity contribution in [2.45, 2.75) is 0 Å². The van der Waals surface area contributed by atoms with E-state index < -0.39 is 8.16 Å². The molecular formula is C34H26NO2P. The highest BCUT2D eigenvalue weighted by Crippen LogP contribution is 2.42. The summed E-state index contributed by atoms with van der Waals surface area (Å²) in [5.41, 5.74) is 6.51. The second-order valence-electron chi connectivity index (χ2n) is 9.75. The predicted molar refractivity (Wildman–Crippen MR) is 162 cm³/mol. The van der Waals surface area contributed by atoms with E-state index >= 15 is 0 Å². The molecule has 1 aromatic heterocycles. The topological polar surface area (TPSA) is 29.5 Å². The molecule has 3 nitrogen and oxygen atoms in total. The summed E-state index contributed by atoms with van der Waals surface area (Å²) in [4.78, 5) is 0. The Morgan fingerprint density at radius 3 is 1.34 bits per heavy atom. The van der Waals surface area contributed by atoms with Crippen LogP contribution in [0.3, 0.4) is 0 Å². The average Bonchev–Trinajstić information content (AvgIpc) is 3.15. The average molecular weight is 512 g/mol. The smallest absolute Gasteiger partial charge is 0.309 e. The molecular weight excluding hydrogens is 485 g/mol. The minimum Gasteiger partial charge on any atom is -0.408 e. The fraction of sp³-hybridized carbons (Fsp3) is 0.0588. The van der Waals surface area contributed by atoms with Crippen molar-refractivity contribution in [3.63, 3.8) is 0 Å². The third-order valence-electron chi connectivity index (χ3n) is 7.11. The van der Waals surface area contributed by atoms with Gasteiger partial charge in [0.25, 0.3) is 0 Å². The molecule has 6 aromatic carbocycles. The van der Waals surface area contributed by atoms with Crippen LogP contribution in [0.5, 0.6) is 0 Å². The normalized spacial score (nSPS) is 11.7. The monoisotopic (exact) mass is 511 g/mol. The van der Waals surface area contributed by atoms with Gasteiger partial charge < -0.3 is 8.39 Å². The molecule has 0 N–H and O–H groups in total. The Balaban J connectivity index is 1.59. The first kappa shape index (κ1) is 22.9. The predicted octanol–water partition coefficient (Wildman–Crippen LogP) is 10.1. The van der Waals surface area contributed by atoms with Crippen molar-refractivity contribution in [2.24, 2.45) is 0 Å². The lowest BCUT2D eigenvalue weighted by Crippen LogP contribution is -2.02. The first-order valence-electron chi connectivity index (χ1n) is 12.7. The Labute approximate surface area is 222 Å². The second kappa shape index (κ2) is 9.22. The van der Waals surface area contributed by atoms with E-state index in [1.165, 1.54) is 33.0 Å². The molecule has 7 aromatic rings. The molecule has 184 valence electrons. The molecule has 0 saturated carbocycles. The SMILES string of the molecule is CN(C)p1oc2ccc3cc(-c4ccccc4)ccc3c2c2c(ccc3cc(-c4ccccc4)ccc32)o1. The van der Waals surface area contributed by atoms with Gasteiger partial charge in [0.05, 0.1) is 0 Å². The summed E-state index contributed by atoms with van der Waals surface area (Å²) >= 11 is 0. The summed E-state index contributed by atoms with van der Waals surface area (Å²) in [6.07, 6.45) is 0. The van der Waals surface area contributed by atoms with Crippen LogP contribution >= 0.6 is 8.16 Å². The zero-order chi connectivity index (χ0) is 25.6. The van der Waals surface area contributed by atoms with Gasteiger partial charge >= 0.3 is 8.16 Å². The molecule has 38 heavy (non-hydrogen) atoms. The van der Waals surface area contributed by atoms with Crippen molar-refractivity contribution in [3.05, 3.63) is 121 Å². The van der Waals surface area contributed by atoms with Crippen LogP contribution in [0.25, 0.3) is 65.7 Å². The fourth-order valence-corrected chi connectivity index (χ4v) is 6.26. The lowest BCUT2D eigenvalue weighted by molar-refractivity contribution is 0.635. The van der Waals surface area contributed by atoms with E-state index in [1.54, 1.807) is 0 Å². The molecule has 0 aliphatic carbocycles. The summed E-state index contributed by atoms with van der Waals surface area (Å²) in [5, 5.41) is 6.83. The Hall–Kier alpha value is -4.30. The highest BCUT2D eigenvalue weighted by atomic mass is 31.1. The summed E-state index contributed by atoms with van der Waals surface area (Å²) in [6, 6.07) is 42.9. The van der Waals surface area contributed by atoms with Crippen LogP contribution in [0.2, 0.25) is 0 Å². The second-order valence-corrected chi connectivity index (χ2v) is 11.4. The van der Waals surface area contributed by atoms with E-state index in [9.17, 15) is 0 Å². The van der Waals surface area contributed by atoms with Crippen LogP contribution in [0.1, 0.15) is 0 Å². The van der Waals surface area contributed by atoms with Crippen molar-refractivity contribution in [2.75, 3.05) is 18.8 Å². The summed E-state index contributed by atoms with van der Waals surface area (Å²) in [5.74, 6) is 0. The number of hydrogen-bond donors (Lipinski definition) is 0. The number of rotatable bonds is 3. The molecule has 0 atom stereocenters. The Kier molecular flexibility index (Phi) is 5.55. The number of fused-ring (bicyclic) bond motifs is 7. The van der Waals surface area contributed by atoms with Crippen molar-refractivity contribution < 1.29 is 8.39 Å². The molecule has 0 spiro atoms. The van der Waals surface area contributed by atoms with E-state index in [0.717, 1.165) is 32.7 Å². The molecule has 4 heteroatoms. The number of nitrogens with zero attached hydrogens (tertiary/aromatic N) is 1. The third-order valence-corrected chi connectivity index (χ3v) is 8.47. The molecule has 0 radical (unpaired) electrons. The van der Waals surface area contributed by atoms with Crippen LogP contribution in [-0.4, -0.2) is 14.1 Å². The van der Waals surface area contributed by atoms with Gasteiger partial charge in [0.15, 0.2) is 0 Å². The van der Waals surface area contributed by atoms with Crippen molar-refractivity contribution in [3.8, 4) is 22.3 Å². The molecule has 0 fully saturated rings. The molecule has 0 amide bonds. The van der Waals surface area contributed by atoms with E-state index in [-0.39, 0.29) is 0 Å². The Bertz CT molecular complexity index is 1850. The van der Waals surface area contributed by atoms with Gasteiger partial charge in [-0.2, -0.15) is 0 Å². The summed E-state index contributed by atoms with van der Waals surface area (Å²) in [6.45, 7) is 0. The van der Waals surface area contributed by atoms with Crippen LogP contribution in [0.15, 0.2) is 130 Å². The van der Waals surface area contributed by atoms with Gasteiger partial charge in [-0.05, 0) is 68.1 Å². The van der Waals surface area contributed by atoms with Gasteiger partial charge in [-0.15, -0.1) is 0 Å². The van der Waals surface area contributed by atoms with Crippen molar-refractivity contribution >= 4 is 51.6 Å². The fourth-order valence-electron chi connectivity index (χ4n) is 5.26. The lowest BCUT2D eigenvalue weighted by atomic mass is 9.95. The van der Waals surface area contributed by atoms with E-state index in [0.29, 0.717) is 0 Å². The standard InChI is InChI=1S/C34H26NO2P/c1-35(2)38-36-31-19-15-27-21-25(23-9-5-3-6-10-23)13-17-29(27)33(31)34-30-18-14-26(24-11-7-4-8-12-24)22-28(30)16-20-32(34)37-38/h3-22H,1-2H3. The maximum atomic E-state index is 6.53. The van der Waals surface area contributed by atoms with Gasteiger partial charge in [0.2, 0.25) is 0 Å². The minimum absolute atomic E-state index is 0.850. The highest BCUT2D eigenvalue weighted by molar-refractivity contribution is 7.38. The van der Waals surface area contributed by atoms with Gasteiger partial charge in [0.1, 0.15) is 11.2 Å². The zero-order valence-corrected chi connectivity index (χ0v) is 22.2.